The van der Waals surface area contributed by atoms with Gasteiger partial charge in [0.05, 0.1) is 11.4 Å². The number of H-pyrrole nitrogens is 1. The van der Waals surface area contributed by atoms with Crippen LogP contribution in [0.15, 0.2) is 24.3 Å². The van der Waals surface area contributed by atoms with E-state index in [4.69, 9.17) is 5.73 Å². The first kappa shape index (κ1) is 11.3. The van der Waals surface area contributed by atoms with Crippen LogP contribution < -0.4 is 11.1 Å². The van der Waals surface area contributed by atoms with Gasteiger partial charge in [-0.25, -0.2) is 4.98 Å². The van der Waals surface area contributed by atoms with E-state index >= 15 is 0 Å². The van der Waals surface area contributed by atoms with Crippen molar-refractivity contribution < 1.29 is 0 Å². The van der Waals surface area contributed by atoms with Crippen LogP contribution in [0.1, 0.15) is 22.8 Å². The minimum absolute atomic E-state index is 0.818. The minimum atomic E-state index is 0.818. The lowest BCUT2D eigenvalue weighted by molar-refractivity contribution is 0.627. The number of benzene rings is 1. The number of hydrogen-bond donors (Lipinski definition) is 3. The van der Waals surface area contributed by atoms with E-state index in [9.17, 15) is 0 Å². The van der Waals surface area contributed by atoms with E-state index in [2.05, 4.69) is 27.4 Å². The van der Waals surface area contributed by atoms with Gasteiger partial charge in [-0.05, 0) is 24.1 Å². The highest BCUT2D eigenvalue weighted by atomic mass is 15.0. The third-order valence-electron chi connectivity index (χ3n) is 3.38. The van der Waals surface area contributed by atoms with E-state index in [1.165, 1.54) is 17.0 Å². The molecule has 0 atom stereocenters. The summed E-state index contributed by atoms with van der Waals surface area (Å²) in [4.78, 5) is 8.08. The molecule has 0 bridgehead atoms. The highest BCUT2D eigenvalue weighted by molar-refractivity contribution is 5.39. The average Bonchev–Trinajstić information content (AvgIpc) is 2.81. The number of nitrogens with zero attached hydrogens (tertiary/aromatic N) is 1. The fraction of sp³-hybridized carbons (Fsp3) is 0.357. The van der Waals surface area contributed by atoms with Crippen LogP contribution in [-0.4, -0.2) is 16.5 Å². The molecule has 0 spiro atoms. The zero-order chi connectivity index (χ0) is 12.4. The average molecular weight is 242 g/mol. The molecule has 1 aliphatic heterocycles. The van der Waals surface area contributed by atoms with Crippen molar-refractivity contribution in [1.29, 1.82) is 0 Å². The van der Waals surface area contributed by atoms with Gasteiger partial charge in [-0.1, -0.05) is 12.1 Å². The number of nitrogens with two attached hydrogens (primary N) is 1. The summed E-state index contributed by atoms with van der Waals surface area (Å²) in [6.45, 7) is 1.96. The van der Waals surface area contributed by atoms with Crippen LogP contribution in [0, 0.1) is 0 Å². The van der Waals surface area contributed by atoms with Gasteiger partial charge in [-0.2, -0.15) is 0 Å². The second-order valence-corrected chi connectivity index (χ2v) is 4.78. The van der Waals surface area contributed by atoms with Gasteiger partial charge in [0, 0.05) is 31.6 Å². The molecule has 4 heteroatoms. The molecule has 3 rings (SSSR count). The monoisotopic (exact) mass is 242 g/mol. The van der Waals surface area contributed by atoms with Crippen molar-refractivity contribution in [2.24, 2.45) is 0 Å². The standard InChI is InChI=1S/C14H18N4/c15-11-4-1-10(2-5-11)3-6-14-17-12-7-8-16-9-13(12)18-14/h1-2,4-5,16H,3,6-9,15H2,(H,17,18). The van der Waals surface area contributed by atoms with Crippen molar-refractivity contribution in [3.05, 3.63) is 47.0 Å². The topological polar surface area (TPSA) is 66.7 Å². The summed E-state index contributed by atoms with van der Waals surface area (Å²) in [6, 6.07) is 8.07. The van der Waals surface area contributed by atoms with Crippen molar-refractivity contribution >= 4 is 5.69 Å². The molecule has 0 saturated carbocycles. The highest BCUT2D eigenvalue weighted by Crippen LogP contribution is 2.13. The molecule has 4 nitrogen and oxygen atoms in total. The predicted molar refractivity (Wildman–Crippen MR) is 72.3 cm³/mol. The van der Waals surface area contributed by atoms with Crippen LogP contribution in [0.3, 0.4) is 0 Å². The number of nitrogens with one attached hydrogen (secondary N) is 2. The Morgan fingerprint density at radius 2 is 2.00 bits per heavy atom. The van der Waals surface area contributed by atoms with E-state index in [-0.39, 0.29) is 0 Å². The molecule has 4 N–H and O–H groups in total. The van der Waals surface area contributed by atoms with Crippen LogP contribution >= 0.6 is 0 Å². The van der Waals surface area contributed by atoms with Crippen molar-refractivity contribution in [2.75, 3.05) is 12.3 Å². The molecule has 94 valence electrons. The molecule has 0 saturated heterocycles. The molecule has 0 aliphatic carbocycles. The molecular weight excluding hydrogens is 224 g/mol. The maximum absolute atomic E-state index is 5.67. The van der Waals surface area contributed by atoms with E-state index < -0.39 is 0 Å². The van der Waals surface area contributed by atoms with Crippen molar-refractivity contribution in [3.8, 4) is 0 Å². The molecule has 0 amide bonds. The number of anilines is 1. The molecule has 1 aromatic heterocycles. The maximum atomic E-state index is 5.67. The zero-order valence-corrected chi connectivity index (χ0v) is 10.4. The van der Waals surface area contributed by atoms with Gasteiger partial charge < -0.3 is 16.0 Å². The first-order valence-corrected chi connectivity index (χ1v) is 6.43. The number of aromatic amines is 1. The summed E-state index contributed by atoms with van der Waals surface area (Å²) in [5, 5.41) is 3.35. The van der Waals surface area contributed by atoms with Crippen LogP contribution in [0.4, 0.5) is 5.69 Å². The number of fused-ring (bicyclic) bond motifs is 1. The van der Waals surface area contributed by atoms with Gasteiger partial charge in [0.2, 0.25) is 0 Å². The van der Waals surface area contributed by atoms with E-state index in [1.807, 2.05) is 12.1 Å². The van der Waals surface area contributed by atoms with E-state index in [0.717, 1.165) is 43.9 Å². The molecular formula is C14H18N4. The van der Waals surface area contributed by atoms with Crippen LogP contribution in [0.25, 0.3) is 0 Å². The number of aromatic nitrogens is 2. The Morgan fingerprint density at radius 1 is 1.17 bits per heavy atom. The quantitative estimate of drug-likeness (QED) is 0.713. The highest BCUT2D eigenvalue weighted by Gasteiger charge is 2.13. The molecule has 0 radical (unpaired) electrons. The van der Waals surface area contributed by atoms with Crippen LogP contribution in [-0.2, 0) is 25.8 Å². The normalized spacial score (nSPS) is 14.4. The van der Waals surface area contributed by atoms with Gasteiger partial charge in [0.25, 0.3) is 0 Å². The lowest BCUT2D eigenvalue weighted by atomic mass is 10.1. The number of imidazole rings is 1. The first-order chi connectivity index (χ1) is 8.81. The van der Waals surface area contributed by atoms with E-state index in [1.54, 1.807) is 0 Å². The second kappa shape index (κ2) is 4.82. The Kier molecular flexibility index (Phi) is 3.02. The number of hydrogen-bond acceptors (Lipinski definition) is 3. The van der Waals surface area contributed by atoms with Crippen LogP contribution in [0.2, 0.25) is 0 Å². The largest absolute Gasteiger partial charge is 0.399 e. The molecule has 1 aliphatic rings. The molecule has 2 aromatic rings. The SMILES string of the molecule is Nc1ccc(CCc2nc3c([nH]2)CNCC3)cc1. The van der Waals surface area contributed by atoms with Gasteiger partial charge in [-0.3, -0.25) is 0 Å². The molecule has 0 fully saturated rings. The Morgan fingerprint density at radius 3 is 2.78 bits per heavy atom. The van der Waals surface area contributed by atoms with Crippen molar-refractivity contribution in [2.45, 2.75) is 25.8 Å². The Labute approximate surface area is 107 Å². The lowest BCUT2D eigenvalue weighted by Gasteiger charge is -2.09. The summed E-state index contributed by atoms with van der Waals surface area (Å²) in [5.41, 5.74) is 10.3. The second-order valence-electron chi connectivity index (χ2n) is 4.78. The third-order valence-corrected chi connectivity index (χ3v) is 3.38. The number of aryl methyl sites for hydroxylation is 2. The molecule has 18 heavy (non-hydrogen) atoms. The lowest BCUT2D eigenvalue weighted by Crippen LogP contribution is -2.23. The smallest absolute Gasteiger partial charge is 0.106 e. The van der Waals surface area contributed by atoms with Gasteiger partial charge in [0.1, 0.15) is 5.82 Å². The summed E-state index contributed by atoms with van der Waals surface area (Å²) in [5.74, 6) is 1.10. The summed E-state index contributed by atoms with van der Waals surface area (Å²) < 4.78 is 0. The van der Waals surface area contributed by atoms with Crippen molar-refractivity contribution in [1.82, 2.24) is 15.3 Å². The summed E-state index contributed by atoms with van der Waals surface area (Å²) in [7, 11) is 0. The van der Waals surface area contributed by atoms with Crippen molar-refractivity contribution in [3.63, 3.8) is 0 Å². The number of rotatable bonds is 3. The zero-order valence-electron chi connectivity index (χ0n) is 10.4. The molecule has 0 unspecified atom stereocenters. The fourth-order valence-electron chi connectivity index (χ4n) is 2.34. The summed E-state index contributed by atoms with van der Waals surface area (Å²) >= 11 is 0. The number of nitrogen functional groups attached to an aromatic ring is 1. The summed E-state index contributed by atoms with van der Waals surface area (Å²) in [6.07, 6.45) is 2.99. The Balaban J connectivity index is 1.66. The molecule has 1 aromatic carbocycles. The minimum Gasteiger partial charge on any atom is -0.399 e. The maximum Gasteiger partial charge on any atom is 0.106 e. The fourth-order valence-corrected chi connectivity index (χ4v) is 2.34. The predicted octanol–water partition coefficient (Wildman–Crippen LogP) is 1.42. The van der Waals surface area contributed by atoms with Gasteiger partial charge in [0.15, 0.2) is 0 Å². The third kappa shape index (κ3) is 2.38. The Bertz CT molecular complexity index is 504. The van der Waals surface area contributed by atoms with E-state index in [0.29, 0.717) is 0 Å². The first-order valence-electron chi connectivity index (χ1n) is 6.43. The van der Waals surface area contributed by atoms with Gasteiger partial charge in [-0.15, -0.1) is 0 Å². The van der Waals surface area contributed by atoms with Gasteiger partial charge >= 0.3 is 0 Å². The Hall–Kier alpha value is -1.81. The van der Waals surface area contributed by atoms with Crippen LogP contribution in [0.5, 0.6) is 0 Å². The molecule has 2 heterocycles.